The lowest BCUT2D eigenvalue weighted by Gasteiger charge is -2.29. The van der Waals surface area contributed by atoms with Gasteiger partial charge in [-0.2, -0.15) is 13.2 Å². The van der Waals surface area contributed by atoms with E-state index in [0.717, 1.165) is 18.3 Å². The molecule has 4 aromatic rings. The summed E-state index contributed by atoms with van der Waals surface area (Å²) in [5, 5.41) is 0. The van der Waals surface area contributed by atoms with Gasteiger partial charge < -0.3 is 0 Å². The van der Waals surface area contributed by atoms with Gasteiger partial charge in [0.15, 0.2) is 0 Å². The topological polar surface area (TPSA) is 0 Å². The average Bonchev–Trinajstić information content (AvgIpc) is 4.06. The predicted molar refractivity (Wildman–Crippen MR) is 355 cm³/mol. The minimum atomic E-state index is -3.97. The van der Waals surface area contributed by atoms with Crippen LogP contribution in [0.25, 0.3) is 0 Å². The van der Waals surface area contributed by atoms with Crippen molar-refractivity contribution in [3.05, 3.63) is 139 Å². The number of benzene rings is 4. The van der Waals surface area contributed by atoms with Crippen LogP contribution in [0.15, 0.2) is 60.7 Å². The molecule has 0 unspecified atom stereocenters. The zero-order valence-corrected chi connectivity index (χ0v) is 58.4. The van der Waals surface area contributed by atoms with Crippen LogP contribution < -0.4 is 0 Å². The van der Waals surface area contributed by atoms with Crippen molar-refractivity contribution in [2.75, 3.05) is 0 Å². The van der Waals surface area contributed by atoms with Crippen molar-refractivity contribution in [1.29, 1.82) is 0 Å². The molecular formula is C76H131F3. The first kappa shape index (κ1) is 79.9. The van der Waals surface area contributed by atoms with Crippen molar-refractivity contribution >= 4 is 0 Å². The number of hydrogen-bond acceptors (Lipinski definition) is 0. The maximum Gasteiger partial charge on any atom is 0.394 e. The highest BCUT2D eigenvalue weighted by Gasteiger charge is 2.54. The molecule has 6 rings (SSSR count). The highest BCUT2D eigenvalue weighted by molar-refractivity contribution is 5.43. The van der Waals surface area contributed by atoms with Gasteiger partial charge >= 0.3 is 6.18 Å². The van der Waals surface area contributed by atoms with Crippen LogP contribution in [0.1, 0.15) is 345 Å². The molecule has 2 fully saturated rings. The van der Waals surface area contributed by atoms with Crippen LogP contribution in [-0.4, -0.2) is 6.18 Å². The lowest BCUT2D eigenvalue weighted by Crippen LogP contribution is -2.34. The Labute approximate surface area is 492 Å². The summed E-state index contributed by atoms with van der Waals surface area (Å²) in [6.45, 7) is 70.0. The van der Waals surface area contributed by atoms with Gasteiger partial charge in [0, 0.05) is 0 Å². The molecule has 0 nitrogen and oxygen atoms in total. The molecule has 2 aliphatic rings. The molecule has 2 saturated carbocycles. The van der Waals surface area contributed by atoms with Crippen molar-refractivity contribution in [1.82, 2.24) is 0 Å². The van der Waals surface area contributed by atoms with Crippen molar-refractivity contribution in [3.8, 4) is 0 Å². The minimum Gasteiger partial charge on any atom is -0.171 e. The fraction of sp³-hybridized carbons (Fsp3) is 0.684. The predicted octanol–water partition coefficient (Wildman–Crippen LogP) is 26.7. The summed E-state index contributed by atoms with van der Waals surface area (Å²) in [6.07, 6.45) is 5.73. The van der Waals surface area contributed by atoms with Crippen molar-refractivity contribution in [2.45, 2.75) is 332 Å². The van der Waals surface area contributed by atoms with Gasteiger partial charge in [0.05, 0.1) is 5.41 Å². The summed E-state index contributed by atoms with van der Waals surface area (Å²) in [5.41, 5.74) is 20.2. The SMILES string of the molecule is CC.CC.CC.CCC1(C(F)(F)F)CCCC1.CCC1(C)CCCC1.Cc1c(C(C)C)cc(C(C)C)cc1C(C)C.Cc1cc(C)c(C)c(C)c1.Cc1ccc(C(C)(C)C)cc1C(C)(C)C.Cc1ccc(C(C)C)cc1C(C)C. The zero-order chi connectivity index (χ0) is 62.6. The molecule has 0 atom stereocenters. The van der Waals surface area contributed by atoms with E-state index < -0.39 is 11.6 Å². The Morgan fingerprint density at radius 3 is 1.10 bits per heavy atom. The number of alkyl halides is 3. The van der Waals surface area contributed by atoms with Crippen LogP contribution in [0.5, 0.6) is 0 Å². The van der Waals surface area contributed by atoms with E-state index in [1.807, 2.05) is 41.5 Å². The molecule has 79 heavy (non-hydrogen) atoms. The fourth-order valence-electron chi connectivity index (χ4n) is 10.6. The molecular weight excluding hydrogens is 970 g/mol. The largest absolute Gasteiger partial charge is 0.394 e. The second kappa shape index (κ2) is 37.7. The van der Waals surface area contributed by atoms with Crippen LogP contribution in [0, 0.1) is 59.3 Å². The standard InChI is InChI=1S/C16H26.C15H24.C13H20.C10H14.C8H13F3.C8H16.3C2H6/c1-10(2)14-8-15(11(3)4)13(7)16(9-14)12(5)6;1-11-8-9-12(14(2,3)4)10-13(11)15(5,6)7;1-9(2)12-7-6-11(5)13(8-12)10(3)4;1-7-5-8(2)10(4)9(3)6-7;1-2-7(8(9,10)11)5-3-4-6-7;1-3-8(2)6-4-5-7-8;3*1-2/h8-12H,1-7H3;8-10H,1-7H3;6-10H,1-5H3;5-6H,1-4H3;2-6H2,1H3;3-7H2,1-2H3;3*1-2H3. The molecule has 0 spiro atoms. The van der Waals surface area contributed by atoms with Gasteiger partial charge in [0.2, 0.25) is 0 Å². The van der Waals surface area contributed by atoms with Gasteiger partial charge in [-0.3, -0.25) is 0 Å². The van der Waals surface area contributed by atoms with Gasteiger partial charge in [0.25, 0.3) is 0 Å². The van der Waals surface area contributed by atoms with Crippen LogP contribution in [0.4, 0.5) is 13.2 Å². The molecule has 0 saturated heterocycles. The molecule has 3 heteroatoms. The lowest BCUT2D eigenvalue weighted by molar-refractivity contribution is -0.223. The van der Waals surface area contributed by atoms with E-state index in [0.29, 0.717) is 42.4 Å². The van der Waals surface area contributed by atoms with Crippen LogP contribution in [0.3, 0.4) is 0 Å². The first-order chi connectivity index (χ1) is 36.4. The van der Waals surface area contributed by atoms with E-state index in [1.54, 1.807) is 6.92 Å². The quantitative estimate of drug-likeness (QED) is 0.173. The molecule has 0 N–H and O–H groups in total. The normalized spacial score (nSPS) is 14.2. The first-order valence-electron chi connectivity index (χ1n) is 31.9. The third-order valence-electron chi connectivity index (χ3n) is 16.5. The summed E-state index contributed by atoms with van der Waals surface area (Å²) >= 11 is 0. The highest BCUT2D eigenvalue weighted by atomic mass is 19.4. The van der Waals surface area contributed by atoms with Gasteiger partial charge in [-0.1, -0.05) is 271 Å². The van der Waals surface area contributed by atoms with Crippen molar-refractivity contribution in [2.24, 2.45) is 10.8 Å². The summed E-state index contributed by atoms with van der Waals surface area (Å²) in [6, 6.07) is 23.0. The molecule has 0 heterocycles. The van der Waals surface area contributed by atoms with E-state index in [4.69, 9.17) is 0 Å². The first-order valence-corrected chi connectivity index (χ1v) is 31.9. The summed E-state index contributed by atoms with van der Waals surface area (Å²) < 4.78 is 37.2. The second-order valence-corrected chi connectivity index (χ2v) is 26.5. The number of hydrogen-bond donors (Lipinski definition) is 0. The van der Waals surface area contributed by atoms with Crippen molar-refractivity contribution in [3.63, 3.8) is 0 Å². The second-order valence-electron chi connectivity index (χ2n) is 26.5. The highest BCUT2D eigenvalue weighted by Crippen LogP contribution is 2.52. The molecule has 0 aliphatic heterocycles. The fourth-order valence-corrected chi connectivity index (χ4v) is 10.6. The van der Waals surface area contributed by atoms with Gasteiger partial charge in [-0.25, -0.2) is 0 Å². The van der Waals surface area contributed by atoms with E-state index in [9.17, 15) is 13.2 Å². The Morgan fingerprint density at radius 1 is 0.418 bits per heavy atom. The van der Waals surface area contributed by atoms with E-state index >= 15 is 0 Å². The van der Waals surface area contributed by atoms with Crippen LogP contribution >= 0.6 is 0 Å². The van der Waals surface area contributed by atoms with E-state index in [-0.39, 0.29) is 17.3 Å². The molecule has 0 radical (unpaired) electrons. The maximum atomic E-state index is 12.4. The Bertz CT molecular complexity index is 2180. The third kappa shape index (κ3) is 27.5. The average molecular weight is 1100 g/mol. The Morgan fingerprint density at radius 2 is 0.797 bits per heavy atom. The van der Waals surface area contributed by atoms with Gasteiger partial charge in [-0.05, 0) is 199 Å². The molecule has 0 aromatic heterocycles. The molecule has 0 amide bonds. The minimum absolute atomic E-state index is 0.241. The number of halogens is 3. The van der Waals surface area contributed by atoms with E-state index in [1.165, 1.54) is 110 Å². The smallest absolute Gasteiger partial charge is 0.171 e. The maximum absolute atomic E-state index is 12.4. The Balaban J connectivity index is -0.000000869. The van der Waals surface area contributed by atoms with Gasteiger partial charge in [-0.15, -0.1) is 0 Å². The van der Waals surface area contributed by atoms with E-state index in [2.05, 4.69) is 234 Å². The number of rotatable bonds is 7. The van der Waals surface area contributed by atoms with Crippen molar-refractivity contribution < 1.29 is 13.2 Å². The summed E-state index contributed by atoms with van der Waals surface area (Å²) in [5.74, 6) is 3.14. The zero-order valence-electron chi connectivity index (χ0n) is 58.4. The third-order valence-corrected chi connectivity index (χ3v) is 16.5. The Hall–Kier alpha value is -3.33. The van der Waals surface area contributed by atoms with Crippen LogP contribution in [-0.2, 0) is 10.8 Å². The number of aryl methyl sites for hydroxylation is 5. The summed E-state index contributed by atoms with van der Waals surface area (Å²) in [4.78, 5) is 0. The lowest BCUT2D eigenvalue weighted by atomic mass is 9.79. The van der Waals surface area contributed by atoms with Gasteiger partial charge in [0.1, 0.15) is 0 Å². The molecule has 4 aromatic carbocycles. The van der Waals surface area contributed by atoms with Crippen LogP contribution in [0.2, 0.25) is 0 Å². The summed E-state index contributed by atoms with van der Waals surface area (Å²) in [7, 11) is 0. The molecule has 2 aliphatic carbocycles. The monoisotopic (exact) mass is 1100 g/mol. The molecule has 0 bridgehead atoms. The molecule has 456 valence electrons. The Kier molecular flexibility index (Phi) is 38.1.